The Morgan fingerprint density at radius 3 is 2.25 bits per heavy atom. The second kappa shape index (κ2) is 6.71. The third-order valence-electron chi connectivity index (χ3n) is 3.25. The monoisotopic (exact) mass is 275 g/mol. The van der Waals surface area contributed by atoms with Crippen LogP contribution in [0.1, 0.15) is 35.7 Å². The van der Waals surface area contributed by atoms with Gasteiger partial charge >= 0.3 is 11.9 Å². The highest BCUT2D eigenvalue weighted by molar-refractivity contribution is 5.89. The molecule has 5 heteroatoms. The molecule has 0 bridgehead atoms. The molecule has 0 heterocycles. The zero-order valence-electron chi connectivity index (χ0n) is 11.8. The van der Waals surface area contributed by atoms with E-state index in [0.717, 1.165) is 5.56 Å². The Balaban J connectivity index is 2.92. The lowest BCUT2D eigenvalue weighted by molar-refractivity contribution is -0.140. The molecule has 0 amide bonds. The van der Waals surface area contributed by atoms with Crippen LogP contribution in [0.15, 0.2) is 24.3 Å². The number of esters is 2. The summed E-state index contributed by atoms with van der Waals surface area (Å²) in [5.74, 6) is -0.776. The average Bonchev–Trinajstić information content (AvgIpc) is 2.51. The summed E-state index contributed by atoms with van der Waals surface area (Å²) in [5, 5.41) is 9.36. The maximum atomic E-state index is 11.3. The standard InChI is InChI=1S/C15H17NO4/c1-15(10-16,9-8-13(17)19-2)12-6-4-11(5-7-12)14(18)20-3/h4-7H,8-9H2,1-3H3/t15-/m0/s1. The van der Waals surface area contributed by atoms with Crippen molar-refractivity contribution in [3.63, 3.8) is 0 Å². The Morgan fingerprint density at radius 1 is 1.20 bits per heavy atom. The van der Waals surface area contributed by atoms with Crippen LogP contribution >= 0.6 is 0 Å². The fraction of sp³-hybridized carbons (Fsp3) is 0.400. The Labute approximate surface area is 118 Å². The number of carbonyl (C=O) groups excluding carboxylic acids is 2. The van der Waals surface area contributed by atoms with Crippen molar-refractivity contribution in [2.75, 3.05) is 14.2 Å². The summed E-state index contributed by atoms with van der Waals surface area (Å²) in [6.07, 6.45) is 0.521. The predicted molar refractivity (Wildman–Crippen MR) is 72.0 cm³/mol. The fourth-order valence-corrected chi connectivity index (χ4v) is 1.81. The number of carbonyl (C=O) groups is 2. The zero-order valence-corrected chi connectivity index (χ0v) is 11.8. The molecule has 0 saturated heterocycles. The quantitative estimate of drug-likeness (QED) is 0.770. The Bertz CT molecular complexity index is 530. The molecule has 1 aromatic rings. The van der Waals surface area contributed by atoms with Crippen LogP contribution in [0.4, 0.5) is 0 Å². The molecule has 1 rings (SSSR count). The molecule has 0 N–H and O–H groups in total. The molecule has 0 fully saturated rings. The lowest BCUT2D eigenvalue weighted by atomic mass is 9.79. The summed E-state index contributed by atoms with van der Waals surface area (Å²) in [5.41, 5.74) is 0.365. The van der Waals surface area contributed by atoms with Gasteiger partial charge in [-0.05, 0) is 31.0 Å². The fourth-order valence-electron chi connectivity index (χ4n) is 1.81. The third-order valence-corrected chi connectivity index (χ3v) is 3.25. The van der Waals surface area contributed by atoms with E-state index in [4.69, 9.17) is 0 Å². The molecule has 1 atom stereocenters. The molecule has 20 heavy (non-hydrogen) atoms. The van der Waals surface area contributed by atoms with Gasteiger partial charge in [0, 0.05) is 6.42 Å². The second-order valence-corrected chi connectivity index (χ2v) is 4.59. The Kier molecular flexibility index (Phi) is 5.27. The smallest absolute Gasteiger partial charge is 0.337 e. The van der Waals surface area contributed by atoms with Crippen LogP contribution in [0.3, 0.4) is 0 Å². The van der Waals surface area contributed by atoms with Gasteiger partial charge in [0.2, 0.25) is 0 Å². The van der Waals surface area contributed by atoms with Crippen LogP contribution in [-0.4, -0.2) is 26.2 Å². The van der Waals surface area contributed by atoms with Crippen molar-refractivity contribution in [1.82, 2.24) is 0 Å². The summed E-state index contributed by atoms with van der Waals surface area (Å²) in [4.78, 5) is 22.5. The minimum Gasteiger partial charge on any atom is -0.469 e. The Morgan fingerprint density at radius 2 is 1.80 bits per heavy atom. The van der Waals surface area contributed by atoms with Crippen LogP contribution in [0.5, 0.6) is 0 Å². The number of nitriles is 1. The van der Waals surface area contributed by atoms with Gasteiger partial charge in [-0.3, -0.25) is 4.79 Å². The first-order valence-electron chi connectivity index (χ1n) is 6.14. The average molecular weight is 275 g/mol. The molecule has 0 aromatic heterocycles. The van der Waals surface area contributed by atoms with Crippen molar-refractivity contribution in [2.45, 2.75) is 25.2 Å². The molecule has 0 aliphatic rings. The van der Waals surface area contributed by atoms with Gasteiger partial charge in [0.15, 0.2) is 0 Å². The van der Waals surface area contributed by atoms with Crippen molar-refractivity contribution in [3.8, 4) is 6.07 Å². The van der Waals surface area contributed by atoms with Crippen molar-refractivity contribution in [2.24, 2.45) is 0 Å². The van der Waals surface area contributed by atoms with Crippen LogP contribution in [0.25, 0.3) is 0 Å². The maximum Gasteiger partial charge on any atom is 0.337 e. The first-order chi connectivity index (χ1) is 9.46. The zero-order chi connectivity index (χ0) is 15.2. The van der Waals surface area contributed by atoms with E-state index in [9.17, 15) is 14.9 Å². The highest BCUT2D eigenvalue weighted by Crippen LogP contribution is 2.28. The molecule has 0 unspecified atom stereocenters. The molecule has 0 aliphatic carbocycles. The highest BCUT2D eigenvalue weighted by atomic mass is 16.5. The molecular weight excluding hydrogens is 258 g/mol. The summed E-state index contributed by atoms with van der Waals surface area (Å²) in [6.45, 7) is 1.75. The number of nitrogens with zero attached hydrogens (tertiary/aromatic N) is 1. The number of hydrogen-bond donors (Lipinski definition) is 0. The summed E-state index contributed by atoms with van der Waals surface area (Å²) >= 11 is 0. The number of hydrogen-bond acceptors (Lipinski definition) is 5. The van der Waals surface area contributed by atoms with Crippen LogP contribution in [0, 0.1) is 11.3 Å². The molecule has 1 aromatic carbocycles. The van der Waals surface area contributed by atoms with E-state index in [2.05, 4.69) is 15.5 Å². The van der Waals surface area contributed by atoms with Gasteiger partial charge < -0.3 is 9.47 Å². The molecule has 5 nitrogen and oxygen atoms in total. The molecule has 106 valence electrons. The molecular formula is C15H17NO4. The Hall–Kier alpha value is -2.35. The van der Waals surface area contributed by atoms with Crippen molar-refractivity contribution < 1.29 is 19.1 Å². The lowest BCUT2D eigenvalue weighted by Gasteiger charge is -2.21. The largest absolute Gasteiger partial charge is 0.469 e. The topological polar surface area (TPSA) is 76.4 Å². The molecule has 0 spiro atoms. The second-order valence-electron chi connectivity index (χ2n) is 4.59. The first kappa shape index (κ1) is 15.7. The van der Waals surface area contributed by atoms with E-state index in [1.807, 2.05) is 0 Å². The third kappa shape index (κ3) is 3.58. The number of methoxy groups -OCH3 is 2. The highest BCUT2D eigenvalue weighted by Gasteiger charge is 2.27. The van der Waals surface area contributed by atoms with Crippen molar-refractivity contribution in [1.29, 1.82) is 5.26 Å². The number of rotatable bonds is 5. The van der Waals surface area contributed by atoms with Crippen LogP contribution in [0.2, 0.25) is 0 Å². The van der Waals surface area contributed by atoms with Crippen molar-refractivity contribution in [3.05, 3.63) is 35.4 Å². The summed E-state index contributed by atoms with van der Waals surface area (Å²) < 4.78 is 9.20. The van der Waals surface area contributed by atoms with Gasteiger partial charge in [0.1, 0.15) is 0 Å². The van der Waals surface area contributed by atoms with Crippen molar-refractivity contribution >= 4 is 11.9 Å². The van der Waals surface area contributed by atoms with Gasteiger partial charge in [-0.1, -0.05) is 12.1 Å². The van der Waals surface area contributed by atoms with Gasteiger partial charge in [0.05, 0.1) is 31.3 Å². The summed E-state index contributed by atoms with van der Waals surface area (Å²) in [6, 6.07) is 8.83. The number of benzene rings is 1. The summed E-state index contributed by atoms with van der Waals surface area (Å²) in [7, 11) is 2.63. The van der Waals surface area contributed by atoms with E-state index < -0.39 is 11.4 Å². The first-order valence-corrected chi connectivity index (χ1v) is 6.14. The predicted octanol–water partition coefficient (Wildman–Crippen LogP) is 2.21. The van der Waals surface area contributed by atoms with Gasteiger partial charge in [-0.15, -0.1) is 0 Å². The van der Waals surface area contributed by atoms with E-state index in [-0.39, 0.29) is 12.4 Å². The molecule has 0 aliphatic heterocycles. The van der Waals surface area contributed by atoms with Gasteiger partial charge in [0.25, 0.3) is 0 Å². The molecule has 0 radical (unpaired) electrons. The van der Waals surface area contributed by atoms with E-state index in [1.165, 1.54) is 14.2 Å². The van der Waals surface area contributed by atoms with Crippen LogP contribution in [-0.2, 0) is 19.7 Å². The van der Waals surface area contributed by atoms with Gasteiger partial charge in [-0.2, -0.15) is 5.26 Å². The van der Waals surface area contributed by atoms with E-state index in [1.54, 1.807) is 31.2 Å². The lowest BCUT2D eigenvalue weighted by Crippen LogP contribution is -2.21. The van der Waals surface area contributed by atoms with E-state index in [0.29, 0.717) is 12.0 Å². The minimum absolute atomic E-state index is 0.166. The van der Waals surface area contributed by atoms with Gasteiger partial charge in [-0.25, -0.2) is 4.79 Å². The van der Waals surface area contributed by atoms with Crippen LogP contribution < -0.4 is 0 Å². The minimum atomic E-state index is -0.803. The van der Waals surface area contributed by atoms with E-state index >= 15 is 0 Å². The maximum absolute atomic E-state index is 11.3. The number of ether oxygens (including phenoxy) is 2. The normalized spacial score (nSPS) is 12.9. The molecule has 0 saturated carbocycles. The SMILES string of the molecule is COC(=O)CC[C@@](C)(C#N)c1ccc(C(=O)OC)cc1.